The number of hydrogen-bond acceptors (Lipinski definition) is 7. The van der Waals surface area contributed by atoms with Gasteiger partial charge in [0.2, 0.25) is 11.8 Å². The Kier molecular flexibility index (Phi) is 5.62. The molecule has 0 saturated carbocycles. The van der Waals surface area contributed by atoms with Crippen molar-refractivity contribution in [3.05, 3.63) is 36.8 Å². The highest BCUT2D eigenvalue weighted by atomic mass is 19.3. The number of rotatable bonds is 7. The number of piperidine rings is 1. The summed E-state index contributed by atoms with van der Waals surface area (Å²) in [5.41, 5.74) is 3.35. The van der Waals surface area contributed by atoms with Gasteiger partial charge in [0.25, 0.3) is 6.43 Å². The van der Waals surface area contributed by atoms with Crippen molar-refractivity contribution >= 4 is 22.5 Å². The number of nitrogens with zero attached hydrogens (tertiary/aromatic N) is 6. The highest BCUT2D eigenvalue weighted by molar-refractivity contribution is 5.89. The topological polar surface area (TPSA) is 81.7 Å². The van der Waals surface area contributed by atoms with Crippen LogP contribution in [0.25, 0.3) is 27.7 Å². The predicted octanol–water partition coefficient (Wildman–Crippen LogP) is 3.24. The van der Waals surface area contributed by atoms with E-state index in [0.29, 0.717) is 48.6 Å². The van der Waals surface area contributed by atoms with Gasteiger partial charge in [-0.15, -0.1) is 5.10 Å². The van der Waals surface area contributed by atoms with E-state index in [9.17, 15) is 8.78 Å². The van der Waals surface area contributed by atoms with E-state index >= 15 is 4.39 Å². The van der Waals surface area contributed by atoms with Gasteiger partial charge in [0.05, 0.1) is 57.7 Å². The summed E-state index contributed by atoms with van der Waals surface area (Å²) in [6.45, 7) is 0.867. The Labute approximate surface area is 206 Å². The van der Waals surface area contributed by atoms with Crippen LogP contribution in [0.2, 0.25) is 0 Å². The normalized spacial score (nSPS) is 22.6. The molecule has 1 aromatic carbocycles. The zero-order chi connectivity index (χ0) is 25.7. The molecular formula is C24H26F3N7O2. The van der Waals surface area contributed by atoms with Gasteiger partial charge >= 0.3 is 0 Å². The van der Waals surface area contributed by atoms with Crippen LogP contribution in [0, 0.1) is 0 Å². The number of likely N-dealkylation sites (tertiary alicyclic amines) is 1. The highest BCUT2D eigenvalue weighted by Crippen LogP contribution is 2.33. The lowest BCUT2D eigenvalue weighted by atomic mass is 10.0. The number of benzene rings is 1. The van der Waals surface area contributed by atoms with Crippen LogP contribution in [0.1, 0.15) is 7.79 Å². The quantitative estimate of drug-likeness (QED) is 0.416. The molecule has 1 N–H and O–H groups in total. The second-order valence-corrected chi connectivity index (χ2v) is 9.02. The Morgan fingerprint density at radius 3 is 2.89 bits per heavy atom. The number of halogens is 3. The number of alkyl halides is 3. The number of ether oxygens (including phenoxy) is 2. The van der Waals surface area contributed by atoms with Crippen LogP contribution in [-0.2, 0) is 11.3 Å². The number of aromatic nitrogens is 5. The van der Waals surface area contributed by atoms with E-state index in [-0.39, 0.29) is 12.5 Å². The fraction of sp³-hybridized carbons (Fsp3) is 0.458. The number of methoxy groups -OCH3 is 1. The SMILES string of the molecule is [2H]C1(N2CC[C@H](Nc3nc(OC)c4c(-c5ccc6ncn(CC(F)F)c6c5)ccn4n3)[C@H](F)C2)COC1. The third kappa shape index (κ3) is 4.13. The molecule has 0 spiro atoms. The number of fused-ring (bicyclic) bond motifs is 2. The second kappa shape index (κ2) is 9.25. The van der Waals surface area contributed by atoms with Gasteiger partial charge < -0.3 is 19.4 Å². The summed E-state index contributed by atoms with van der Waals surface area (Å²) in [5, 5.41) is 7.62. The molecule has 5 heterocycles. The summed E-state index contributed by atoms with van der Waals surface area (Å²) in [6, 6.07) is 5.95. The Balaban J connectivity index is 1.27. The van der Waals surface area contributed by atoms with Crippen LogP contribution in [0.3, 0.4) is 0 Å². The summed E-state index contributed by atoms with van der Waals surface area (Å²) in [7, 11) is 1.49. The molecule has 2 aliphatic heterocycles. The van der Waals surface area contributed by atoms with Crippen LogP contribution in [0.4, 0.5) is 19.1 Å². The first-order chi connectivity index (χ1) is 17.8. The van der Waals surface area contributed by atoms with Crippen LogP contribution in [-0.4, -0.2) is 87.1 Å². The van der Waals surface area contributed by atoms with Crippen molar-refractivity contribution in [2.45, 2.75) is 37.6 Å². The lowest BCUT2D eigenvalue weighted by molar-refractivity contribution is -0.0794. The van der Waals surface area contributed by atoms with Crippen molar-refractivity contribution in [1.29, 1.82) is 0 Å². The number of anilines is 1. The summed E-state index contributed by atoms with van der Waals surface area (Å²) < 4.78 is 63.1. The summed E-state index contributed by atoms with van der Waals surface area (Å²) in [6.07, 6.45) is -0.0444. The maximum absolute atomic E-state index is 15.0. The van der Waals surface area contributed by atoms with Crippen molar-refractivity contribution in [3.8, 4) is 17.0 Å². The van der Waals surface area contributed by atoms with Crippen molar-refractivity contribution in [1.82, 2.24) is 29.0 Å². The van der Waals surface area contributed by atoms with Crippen LogP contribution < -0.4 is 10.1 Å². The Morgan fingerprint density at radius 1 is 1.31 bits per heavy atom. The Hall–Kier alpha value is -3.38. The molecule has 0 unspecified atom stereocenters. The van der Waals surface area contributed by atoms with Crippen molar-refractivity contribution in [2.75, 3.05) is 38.7 Å². The highest BCUT2D eigenvalue weighted by Gasteiger charge is 2.35. The average Bonchev–Trinajstić information content (AvgIpc) is 3.47. The molecule has 2 aliphatic rings. The van der Waals surface area contributed by atoms with E-state index in [2.05, 4.69) is 20.4 Å². The molecule has 0 bridgehead atoms. The zero-order valence-corrected chi connectivity index (χ0v) is 19.6. The van der Waals surface area contributed by atoms with Gasteiger partial charge in [-0.25, -0.2) is 22.7 Å². The van der Waals surface area contributed by atoms with E-state index < -0.39 is 31.2 Å². The molecule has 3 aromatic heterocycles. The first kappa shape index (κ1) is 21.9. The zero-order valence-electron chi connectivity index (χ0n) is 20.6. The van der Waals surface area contributed by atoms with E-state index in [1.807, 2.05) is 17.0 Å². The largest absolute Gasteiger partial charge is 0.479 e. The van der Waals surface area contributed by atoms with E-state index in [4.69, 9.17) is 10.8 Å². The second-order valence-electron chi connectivity index (χ2n) is 9.02. The maximum atomic E-state index is 15.0. The minimum atomic E-state index is -2.49. The molecule has 2 fully saturated rings. The molecule has 0 radical (unpaired) electrons. The minimum Gasteiger partial charge on any atom is -0.479 e. The maximum Gasteiger partial charge on any atom is 0.256 e. The van der Waals surface area contributed by atoms with Crippen molar-refractivity contribution in [2.24, 2.45) is 0 Å². The summed E-state index contributed by atoms with van der Waals surface area (Å²) in [5.74, 6) is 0.522. The van der Waals surface area contributed by atoms with E-state index in [0.717, 1.165) is 11.1 Å². The average molecular weight is 503 g/mol. The van der Waals surface area contributed by atoms with Crippen LogP contribution in [0.15, 0.2) is 36.8 Å². The molecule has 36 heavy (non-hydrogen) atoms. The molecule has 12 heteroatoms. The molecule has 9 nitrogen and oxygen atoms in total. The molecule has 2 saturated heterocycles. The smallest absolute Gasteiger partial charge is 0.256 e. The molecule has 0 aliphatic carbocycles. The first-order valence-electron chi connectivity index (χ1n) is 12.2. The molecule has 0 amide bonds. The molecule has 190 valence electrons. The third-order valence-electron chi connectivity index (χ3n) is 6.78. The van der Waals surface area contributed by atoms with Crippen LogP contribution in [0.5, 0.6) is 5.88 Å². The standard InChI is InChI=1S/C24H26F3N7O2/c1-35-23-22-16(14-2-3-19-20(8-14)33(13-28-19)10-21(26)27)4-7-34(22)31-24(30-23)29-18-5-6-32(9-17(18)25)15-11-36-12-15/h2-4,7-8,13,15,17-18,21H,5-6,9-12H2,1H3,(H,29,31)/t17-,18+/m1/s1/i15D. The van der Waals surface area contributed by atoms with Gasteiger partial charge in [-0.2, -0.15) is 4.98 Å². The summed E-state index contributed by atoms with van der Waals surface area (Å²) in [4.78, 5) is 10.5. The van der Waals surface area contributed by atoms with Gasteiger partial charge in [-0.1, -0.05) is 6.07 Å². The summed E-state index contributed by atoms with van der Waals surface area (Å²) >= 11 is 0. The third-order valence-corrected chi connectivity index (χ3v) is 6.78. The van der Waals surface area contributed by atoms with Gasteiger partial charge in [0, 0.05) is 24.8 Å². The van der Waals surface area contributed by atoms with Crippen molar-refractivity contribution < 1.29 is 24.0 Å². The number of hydrogen-bond donors (Lipinski definition) is 1. The monoisotopic (exact) mass is 502 g/mol. The number of nitrogens with one attached hydrogen (secondary N) is 1. The van der Waals surface area contributed by atoms with E-state index in [1.165, 1.54) is 18.0 Å². The predicted molar refractivity (Wildman–Crippen MR) is 127 cm³/mol. The van der Waals surface area contributed by atoms with Crippen molar-refractivity contribution in [3.63, 3.8) is 0 Å². The van der Waals surface area contributed by atoms with Gasteiger partial charge in [-0.3, -0.25) is 4.90 Å². The van der Waals surface area contributed by atoms with Gasteiger partial charge in [0.15, 0.2) is 0 Å². The molecular weight excluding hydrogens is 475 g/mol. The van der Waals surface area contributed by atoms with E-state index in [1.54, 1.807) is 22.8 Å². The number of imidazole rings is 1. The molecule has 2 atom stereocenters. The van der Waals surface area contributed by atoms with Gasteiger partial charge in [0.1, 0.15) is 11.7 Å². The first-order valence-corrected chi connectivity index (χ1v) is 11.7. The molecule has 6 rings (SSSR count). The van der Waals surface area contributed by atoms with Crippen LogP contribution >= 0.6 is 0 Å². The Morgan fingerprint density at radius 2 is 2.17 bits per heavy atom. The fourth-order valence-electron chi connectivity index (χ4n) is 4.84. The van der Waals surface area contributed by atoms with Gasteiger partial charge in [-0.05, 0) is 30.2 Å². The fourth-order valence-corrected chi connectivity index (χ4v) is 4.84. The Bertz CT molecular complexity index is 1440. The minimum absolute atomic E-state index is 0.141. The molecule has 4 aromatic rings. The lowest BCUT2D eigenvalue weighted by Gasteiger charge is -2.42. The lowest BCUT2D eigenvalue weighted by Crippen LogP contribution is -2.57.